The fourth-order valence-corrected chi connectivity index (χ4v) is 2.35. The van der Waals surface area contributed by atoms with E-state index in [2.05, 4.69) is 25.6 Å². The SMILES string of the molecule is Cc1c(NC(=O)CCn2cc(Cl)cn2)n[nH]c1-c1ccncc1. The summed E-state index contributed by atoms with van der Waals surface area (Å²) < 4.78 is 1.63. The molecule has 0 spiro atoms. The Morgan fingerprint density at radius 2 is 2.17 bits per heavy atom. The number of H-pyrrole nitrogens is 1. The summed E-state index contributed by atoms with van der Waals surface area (Å²) in [6.07, 6.45) is 6.93. The molecule has 3 rings (SSSR count). The summed E-state index contributed by atoms with van der Waals surface area (Å²) in [6, 6.07) is 3.77. The number of aromatic amines is 1. The van der Waals surface area contributed by atoms with Crippen molar-refractivity contribution in [2.45, 2.75) is 19.9 Å². The lowest BCUT2D eigenvalue weighted by Crippen LogP contribution is -2.15. The van der Waals surface area contributed by atoms with E-state index in [1.807, 2.05) is 19.1 Å². The first-order valence-electron chi connectivity index (χ1n) is 7.06. The number of halogens is 1. The van der Waals surface area contributed by atoms with Crippen LogP contribution in [0.25, 0.3) is 11.3 Å². The lowest BCUT2D eigenvalue weighted by atomic mass is 10.1. The highest BCUT2D eigenvalue weighted by Gasteiger charge is 2.13. The van der Waals surface area contributed by atoms with E-state index in [0.29, 0.717) is 17.4 Å². The molecule has 7 nitrogen and oxygen atoms in total. The quantitative estimate of drug-likeness (QED) is 0.752. The van der Waals surface area contributed by atoms with Crippen LogP contribution in [0.2, 0.25) is 5.02 Å². The van der Waals surface area contributed by atoms with Gasteiger partial charge in [-0.1, -0.05) is 11.6 Å². The van der Waals surface area contributed by atoms with Crippen molar-refractivity contribution in [1.29, 1.82) is 0 Å². The van der Waals surface area contributed by atoms with E-state index < -0.39 is 0 Å². The number of aryl methyl sites for hydroxylation is 1. The number of aromatic nitrogens is 5. The Morgan fingerprint density at radius 3 is 2.87 bits per heavy atom. The highest BCUT2D eigenvalue weighted by atomic mass is 35.5. The average molecular weight is 331 g/mol. The molecule has 0 fully saturated rings. The van der Waals surface area contributed by atoms with Gasteiger partial charge in [-0.15, -0.1) is 0 Å². The topological polar surface area (TPSA) is 88.5 Å². The van der Waals surface area contributed by atoms with Gasteiger partial charge in [-0.2, -0.15) is 10.2 Å². The number of pyridine rings is 1. The molecule has 2 N–H and O–H groups in total. The van der Waals surface area contributed by atoms with Gasteiger partial charge >= 0.3 is 0 Å². The first-order valence-corrected chi connectivity index (χ1v) is 7.44. The predicted molar refractivity (Wildman–Crippen MR) is 87.0 cm³/mol. The van der Waals surface area contributed by atoms with Gasteiger partial charge in [0.15, 0.2) is 5.82 Å². The Hall–Kier alpha value is -2.67. The molecule has 3 aromatic rings. The second kappa shape index (κ2) is 6.62. The van der Waals surface area contributed by atoms with Gasteiger partial charge in [0.05, 0.1) is 16.9 Å². The van der Waals surface area contributed by atoms with E-state index in [1.165, 1.54) is 6.20 Å². The van der Waals surface area contributed by atoms with Crippen LogP contribution in [0.1, 0.15) is 12.0 Å². The van der Waals surface area contributed by atoms with Gasteiger partial charge in [0.2, 0.25) is 5.91 Å². The Kier molecular flexibility index (Phi) is 4.38. The molecule has 0 bridgehead atoms. The number of nitrogens with one attached hydrogen (secondary N) is 2. The molecule has 0 aromatic carbocycles. The van der Waals surface area contributed by atoms with Crippen LogP contribution in [-0.2, 0) is 11.3 Å². The van der Waals surface area contributed by atoms with Crippen molar-refractivity contribution in [3.63, 3.8) is 0 Å². The molecule has 0 unspecified atom stereocenters. The highest BCUT2D eigenvalue weighted by Crippen LogP contribution is 2.25. The largest absolute Gasteiger partial charge is 0.309 e. The first-order chi connectivity index (χ1) is 11.1. The Labute approximate surface area is 137 Å². The number of carbonyl (C=O) groups excluding carboxylic acids is 1. The van der Waals surface area contributed by atoms with Crippen LogP contribution in [0, 0.1) is 6.92 Å². The molecule has 0 aliphatic heterocycles. The van der Waals surface area contributed by atoms with Crippen molar-refractivity contribution in [2.75, 3.05) is 5.32 Å². The van der Waals surface area contributed by atoms with Gasteiger partial charge in [0.1, 0.15) is 0 Å². The monoisotopic (exact) mass is 330 g/mol. The van der Waals surface area contributed by atoms with Gasteiger partial charge in [0.25, 0.3) is 0 Å². The molecule has 8 heteroatoms. The highest BCUT2D eigenvalue weighted by molar-refractivity contribution is 6.30. The summed E-state index contributed by atoms with van der Waals surface area (Å²) in [5, 5.41) is 14.5. The van der Waals surface area contributed by atoms with Crippen LogP contribution < -0.4 is 5.32 Å². The molecule has 3 heterocycles. The minimum atomic E-state index is -0.132. The maximum absolute atomic E-state index is 12.0. The summed E-state index contributed by atoms with van der Waals surface area (Å²) in [6.45, 7) is 2.36. The van der Waals surface area contributed by atoms with E-state index in [1.54, 1.807) is 23.3 Å². The molecule has 0 saturated heterocycles. The second-order valence-electron chi connectivity index (χ2n) is 5.03. The fourth-order valence-electron chi connectivity index (χ4n) is 2.19. The number of anilines is 1. The Balaban J connectivity index is 1.64. The van der Waals surface area contributed by atoms with Gasteiger partial charge in [-0.05, 0) is 19.1 Å². The third-order valence-electron chi connectivity index (χ3n) is 3.41. The Morgan fingerprint density at radius 1 is 1.39 bits per heavy atom. The maximum Gasteiger partial charge on any atom is 0.227 e. The van der Waals surface area contributed by atoms with E-state index in [-0.39, 0.29) is 12.3 Å². The summed E-state index contributed by atoms with van der Waals surface area (Å²) in [5.74, 6) is 0.396. The molecule has 0 aliphatic rings. The third-order valence-corrected chi connectivity index (χ3v) is 3.60. The minimum Gasteiger partial charge on any atom is -0.309 e. The molecule has 118 valence electrons. The summed E-state index contributed by atoms with van der Waals surface area (Å²) in [4.78, 5) is 16.0. The first kappa shape index (κ1) is 15.2. The van der Waals surface area contributed by atoms with Crippen molar-refractivity contribution < 1.29 is 4.79 Å². The average Bonchev–Trinajstić information content (AvgIpc) is 3.13. The smallest absolute Gasteiger partial charge is 0.227 e. The Bertz CT molecular complexity index is 810. The normalized spacial score (nSPS) is 10.7. The predicted octanol–water partition coefficient (Wildman–Crippen LogP) is 2.66. The molecule has 0 atom stereocenters. The summed E-state index contributed by atoms with van der Waals surface area (Å²) >= 11 is 5.78. The van der Waals surface area contributed by atoms with Crippen LogP contribution in [0.5, 0.6) is 0 Å². The number of amides is 1. The number of rotatable bonds is 5. The number of nitrogens with zero attached hydrogens (tertiary/aromatic N) is 4. The van der Waals surface area contributed by atoms with Gasteiger partial charge in [-0.25, -0.2) is 0 Å². The molecule has 0 saturated carbocycles. The van der Waals surface area contributed by atoms with Crippen molar-refractivity contribution in [1.82, 2.24) is 25.0 Å². The van der Waals surface area contributed by atoms with E-state index in [4.69, 9.17) is 11.6 Å². The number of hydrogen-bond donors (Lipinski definition) is 2. The van der Waals surface area contributed by atoms with Crippen LogP contribution in [0.15, 0.2) is 36.9 Å². The zero-order valence-electron chi connectivity index (χ0n) is 12.5. The maximum atomic E-state index is 12.0. The van der Waals surface area contributed by atoms with E-state index in [0.717, 1.165) is 16.8 Å². The zero-order valence-corrected chi connectivity index (χ0v) is 13.2. The van der Waals surface area contributed by atoms with Crippen LogP contribution >= 0.6 is 11.6 Å². The number of carbonyl (C=O) groups is 1. The van der Waals surface area contributed by atoms with Gasteiger partial charge in [-0.3, -0.25) is 19.6 Å². The van der Waals surface area contributed by atoms with Crippen molar-refractivity contribution in [3.05, 3.63) is 47.5 Å². The zero-order chi connectivity index (χ0) is 16.2. The summed E-state index contributed by atoms with van der Waals surface area (Å²) in [5.41, 5.74) is 2.71. The third kappa shape index (κ3) is 3.57. The van der Waals surface area contributed by atoms with Crippen LogP contribution in [0.4, 0.5) is 5.82 Å². The lowest BCUT2D eigenvalue weighted by molar-refractivity contribution is -0.116. The van der Waals surface area contributed by atoms with Crippen molar-refractivity contribution >= 4 is 23.3 Å². The van der Waals surface area contributed by atoms with Crippen LogP contribution in [0.3, 0.4) is 0 Å². The number of hydrogen-bond acceptors (Lipinski definition) is 4. The molecule has 0 radical (unpaired) electrons. The second-order valence-corrected chi connectivity index (χ2v) is 5.46. The molecule has 23 heavy (non-hydrogen) atoms. The summed E-state index contributed by atoms with van der Waals surface area (Å²) in [7, 11) is 0. The molecular weight excluding hydrogens is 316 g/mol. The molecule has 0 aliphatic carbocycles. The van der Waals surface area contributed by atoms with Crippen LogP contribution in [-0.4, -0.2) is 30.9 Å². The lowest BCUT2D eigenvalue weighted by Gasteiger charge is -2.04. The van der Waals surface area contributed by atoms with Gasteiger partial charge < -0.3 is 5.32 Å². The van der Waals surface area contributed by atoms with E-state index in [9.17, 15) is 4.79 Å². The van der Waals surface area contributed by atoms with Gasteiger partial charge in [0, 0.05) is 42.7 Å². The molecular formula is C15H15ClN6O. The fraction of sp³-hybridized carbons (Fsp3) is 0.200. The van der Waals surface area contributed by atoms with Crippen molar-refractivity contribution in [3.8, 4) is 11.3 Å². The molecule has 3 aromatic heterocycles. The standard InChI is InChI=1S/C15H15ClN6O/c1-10-14(11-2-5-17-6-3-11)20-21-15(10)19-13(23)4-7-22-9-12(16)8-18-22/h2-3,5-6,8-9H,4,7H2,1H3,(H2,19,20,21,23). The molecule has 1 amide bonds. The van der Waals surface area contributed by atoms with E-state index >= 15 is 0 Å². The minimum absolute atomic E-state index is 0.132. The van der Waals surface area contributed by atoms with Crippen molar-refractivity contribution in [2.24, 2.45) is 0 Å².